The van der Waals surface area contributed by atoms with Gasteiger partial charge in [0.05, 0.1) is 19.3 Å². The van der Waals surface area contributed by atoms with Crippen LogP contribution in [0.25, 0.3) is 0 Å². The first-order chi connectivity index (χ1) is 8.18. The molecule has 1 aliphatic rings. The summed E-state index contributed by atoms with van der Waals surface area (Å²) < 4.78 is 10.9. The predicted molar refractivity (Wildman–Crippen MR) is 70.5 cm³/mol. The maximum atomic E-state index is 5.53. The molecule has 0 saturated carbocycles. The van der Waals surface area contributed by atoms with Crippen molar-refractivity contribution in [3.05, 3.63) is 0 Å². The van der Waals surface area contributed by atoms with E-state index in [1.54, 1.807) is 0 Å². The maximum absolute atomic E-state index is 5.53. The van der Waals surface area contributed by atoms with Crippen molar-refractivity contribution in [3.8, 4) is 0 Å². The van der Waals surface area contributed by atoms with Gasteiger partial charge in [0.15, 0.2) is 0 Å². The minimum absolute atomic E-state index is 0.309. The third-order valence-corrected chi connectivity index (χ3v) is 3.04. The molecule has 102 valence electrons. The molecule has 0 amide bonds. The molecule has 1 heterocycles. The van der Waals surface area contributed by atoms with Crippen molar-refractivity contribution in [2.45, 2.75) is 26.4 Å². The van der Waals surface area contributed by atoms with Crippen molar-refractivity contribution >= 4 is 0 Å². The van der Waals surface area contributed by atoms with Gasteiger partial charge in [-0.2, -0.15) is 0 Å². The van der Waals surface area contributed by atoms with Gasteiger partial charge in [-0.05, 0) is 27.3 Å². The van der Waals surface area contributed by atoms with Crippen LogP contribution in [0.1, 0.15) is 20.3 Å². The molecule has 4 nitrogen and oxygen atoms in total. The van der Waals surface area contributed by atoms with Gasteiger partial charge in [-0.1, -0.05) is 0 Å². The number of ether oxygens (including phenoxy) is 2. The first-order valence-corrected chi connectivity index (χ1v) is 6.78. The largest absolute Gasteiger partial charge is 0.379 e. The lowest BCUT2D eigenvalue weighted by molar-refractivity contribution is 0.0167. The van der Waals surface area contributed by atoms with Crippen LogP contribution < -0.4 is 0 Å². The molecule has 0 atom stereocenters. The van der Waals surface area contributed by atoms with E-state index in [-0.39, 0.29) is 0 Å². The average Bonchev–Trinajstić information content (AvgIpc) is 2.30. The van der Waals surface area contributed by atoms with Gasteiger partial charge < -0.3 is 19.3 Å². The Labute approximate surface area is 106 Å². The van der Waals surface area contributed by atoms with Gasteiger partial charge in [-0.15, -0.1) is 0 Å². The van der Waals surface area contributed by atoms with E-state index in [1.807, 2.05) is 13.8 Å². The molecule has 1 fully saturated rings. The van der Waals surface area contributed by atoms with E-state index in [2.05, 4.69) is 16.8 Å². The molecule has 0 bridgehead atoms. The highest BCUT2D eigenvalue weighted by atomic mass is 16.5. The average molecular weight is 244 g/mol. The van der Waals surface area contributed by atoms with Crippen LogP contribution in [0.2, 0.25) is 0 Å². The third-order valence-electron chi connectivity index (χ3n) is 3.04. The van der Waals surface area contributed by atoms with Gasteiger partial charge in [-0.25, -0.2) is 0 Å². The van der Waals surface area contributed by atoms with Crippen molar-refractivity contribution < 1.29 is 9.47 Å². The molecule has 0 aromatic heterocycles. The summed E-state index contributed by atoms with van der Waals surface area (Å²) in [6.07, 6.45) is 1.44. The topological polar surface area (TPSA) is 24.9 Å². The molecule has 0 radical (unpaired) electrons. The Balaban J connectivity index is 1.84. The zero-order chi connectivity index (χ0) is 12.5. The number of likely N-dealkylation sites (N-methyl/N-ethyl adjacent to an activating group) is 1. The zero-order valence-corrected chi connectivity index (χ0v) is 11.7. The van der Waals surface area contributed by atoms with Crippen molar-refractivity contribution in [3.63, 3.8) is 0 Å². The maximum Gasteiger partial charge on any atom is 0.0703 e. The highest BCUT2D eigenvalue weighted by Crippen LogP contribution is 2.00. The van der Waals surface area contributed by atoms with Gasteiger partial charge in [0.25, 0.3) is 0 Å². The molecule has 17 heavy (non-hydrogen) atoms. The summed E-state index contributed by atoms with van der Waals surface area (Å²) in [5, 5.41) is 0. The van der Waals surface area contributed by atoms with Crippen molar-refractivity contribution in [2.24, 2.45) is 0 Å². The number of nitrogens with zero attached hydrogens (tertiary/aromatic N) is 2. The Hall–Kier alpha value is -0.160. The zero-order valence-electron chi connectivity index (χ0n) is 11.7. The lowest BCUT2D eigenvalue weighted by Crippen LogP contribution is -2.44. The quantitative estimate of drug-likeness (QED) is 0.596. The number of piperazine rings is 1. The second-order valence-corrected chi connectivity index (χ2v) is 5.03. The van der Waals surface area contributed by atoms with Crippen molar-refractivity contribution in [1.29, 1.82) is 0 Å². The molecule has 0 N–H and O–H groups in total. The smallest absolute Gasteiger partial charge is 0.0703 e. The van der Waals surface area contributed by atoms with Gasteiger partial charge in [0, 0.05) is 39.3 Å². The minimum Gasteiger partial charge on any atom is -0.379 e. The monoisotopic (exact) mass is 244 g/mol. The molecular weight excluding hydrogens is 216 g/mol. The number of hydrogen-bond donors (Lipinski definition) is 0. The van der Waals surface area contributed by atoms with E-state index >= 15 is 0 Å². The number of rotatable bonds is 8. The highest BCUT2D eigenvalue weighted by Gasteiger charge is 2.12. The summed E-state index contributed by atoms with van der Waals surface area (Å²) in [5.41, 5.74) is 0. The van der Waals surface area contributed by atoms with Crippen LogP contribution in [0.4, 0.5) is 0 Å². The fourth-order valence-electron chi connectivity index (χ4n) is 1.91. The summed E-state index contributed by atoms with van der Waals surface area (Å²) in [5.74, 6) is 0. The van der Waals surface area contributed by atoms with Crippen LogP contribution in [-0.4, -0.2) is 75.5 Å². The molecule has 1 saturated heterocycles. The Kier molecular flexibility index (Phi) is 7.77. The number of hydrogen-bond acceptors (Lipinski definition) is 4. The van der Waals surface area contributed by atoms with Crippen LogP contribution in [-0.2, 0) is 9.47 Å². The van der Waals surface area contributed by atoms with Crippen LogP contribution in [0, 0.1) is 0 Å². The fourth-order valence-corrected chi connectivity index (χ4v) is 1.91. The lowest BCUT2D eigenvalue weighted by atomic mass is 10.3. The summed E-state index contributed by atoms with van der Waals surface area (Å²) >= 11 is 0. The van der Waals surface area contributed by atoms with Crippen LogP contribution in [0.5, 0.6) is 0 Å². The van der Waals surface area contributed by atoms with Crippen molar-refractivity contribution in [2.75, 3.05) is 59.6 Å². The summed E-state index contributed by atoms with van der Waals surface area (Å²) in [7, 11) is 2.19. The molecule has 1 aliphatic heterocycles. The van der Waals surface area contributed by atoms with Gasteiger partial charge in [0.1, 0.15) is 0 Å². The van der Waals surface area contributed by atoms with Gasteiger partial charge in [0.2, 0.25) is 0 Å². The highest BCUT2D eigenvalue weighted by molar-refractivity contribution is 4.68. The Morgan fingerprint density at radius 3 is 2.35 bits per heavy atom. The molecule has 0 aromatic carbocycles. The molecule has 1 rings (SSSR count). The van der Waals surface area contributed by atoms with Crippen LogP contribution in [0.3, 0.4) is 0 Å². The molecule has 0 aromatic rings. The summed E-state index contributed by atoms with van der Waals surface area (Å²) in [6.45, 7) is 12.4. The predicted octanol–water partition coefficient (Wildman–Crippen LogP) is 1.07. The van der Waals surface area contributed by atoms with Gasteiger partial charge >= 0.3 is 0 Å². The SMILES string of the molecule is CC(C)OCCOCCCN1CCN(C)CC1. The van der Waals surface area contributed by atoms with E-state index in [4.69, 9.17) is 9.47 Å². The third kappa shape index (κ3) is 7.71. The van der Waals surface area contributed by atoms with E-state index in [9.17, 15) is 0 Å². The van der Waals surface area contributed by atoms with E-state index in [0.29, 0.717) is 12.7 Å². The lowest BCUT2D eigenvalue weighted by Gasteiger charge is -2.32. The van der Waals surface area contributed by atoms with E-state index in [1.165, 1.54) is 32.7 Å². The van der Waals surface area contributed by atoms with Crippen molar-refractivity contribution in [1.82, 2.24) is 9.80 Å². The van der Waals surface area contributed by atoms with Crippen LogP contribution >= 0.6 is 0 Å². The molecular formula is C13H28N2O2. The Morgan fingerprint density at radius 1 is 1.00 bits per heavy atom. The normalized spacial score (nSPS) is 19.1. The Bertz CT molecular complexity index is 180. The van der Waals surface area contributed by atoms with Gasteiger partial charge in [-0.3, -0.25) is 0 Å². The molecule has 0 aliphatic carbocycles. The first kappa shape index (κ1) is 14.9. The minimum atomic E-state index is 0.309. The standard InChI is InChI=1S/C13H28N2O2/c1-13(2)17-12-11-16-10-4-5-15-8-6-14(3)7-9-15/h13H,4-12H2,1-3H3. The summed E-state index contributed by atoms with van der Waals surface area (Å²) in [6, 6.07) is 0. The molecule has 0 spiro atoms. The summed E-state index contributed by atoms with van der Waals surface area (Å²) in [4.78, 5) is 4.91. The fraction of sp³-hybridized carbons (Fsp3) is 1.00. The Morgan fingerprint density at radius 2 is 1.71 bits per heavy atom. The van der Waals surface area contributed by atoms with E-state index < -0.39 is 0 Å². The molecule has 4 heteroatoms. The van der Waals surface area contributed by atoms with E-state index in [0.717, 1.165) is 19.6 Å². The van der Waals surface area contributed by atoms with Crippen LogP contribution in [0.15, 0.2) is 0 Å². The molecule has 0 unspecified atom stereocenters. The first-order valence-electron chi connectivity index (χ1n) is 6.78. The second kappa shape index (κ2) is 8.86. The second-order valence-electron chi connectivity index (χ2n) is 5.03.